The van der Waals surface area contributed by atoms with Crippen LogP contribution in [0.5, 0.6) is 0 Å². The Labute approximate surface area is 110 Å². The normalized spacial score (nSPS) is 29.2. The molecule has 0 radical (unpaired) electrons. The molecule has 0 saturated heterocycles. The summed E-state index contributed by atoms with van der Waals surface area (Å²) in [7, 11) is -3.24. The van der Waals surface area contributed by atoms with E-state index in [-0.39, 0.29) is 0 Å². The molecule has 0 heterocycles. The first-order chi connectivity index (χ1) is 8.52. The third-order valence-corrected chi connectivity index (χ3v) is 6.19. The summed E-state index contributed by atoms with van der Waals surface area (Å²) in [6.45, 7) is 7.93. The van der Waals surface area contributed by atoms with Crippen LogP contribution in [0.3, 0.4) is 0 Å². The first kappa shape index (κ1) is 15.9. The molecule has 1 fully saturated rings. The lowest BCUT2D eigenvalue weighted by Crippen LogP contribution is -2.45. The maximum absolute atomic E-state index is 12.8. The van der Waals surface area contributed by atoms with Gasteiger partial charge < -0.3 is 14.2 Å². The summed E-state index contributed by atoms with van der Waals surface area (Å²) in [5.74, 6) is 0. The minimum absolute atomic E-state index is 0.331. The van der Waals surface area contributed by atoms with E-state index in [1.165, 1.54) is 0 Å². The molecule has 0 bridgehead atoms. The van der Waals surface area contributed by atoms with Crippen molar-refractivity contribution in [3.05, 3.63) is 12.7 Å². The van der Waals surface area contributed by atoms with E-state index < -0.39 is 18.9 Å². The van der Waals surface area contributed by atoms with Crippen LogP contribution in [-0.4, -0.2) is 29.6 Å². The van der Waals surface area contributed by atoms with Crippen LogP contribution in [-0.2, 0) is 13.6 Å². The van der Waals surface area contributed by atoms with Gasteiger partial charge in [-0.25, -0.2) is 0 Å². The van der Waals surface area contributed by atoms with Gasteiger partial charge in [0.15, 0.2) is 0 Å². The number of rotatable bonds is 7. The first-order valence-electron chi connectivity index (χ1n) is 6.74. The standard InChI is InChI=1S/C13H25O4P/c1-4-10-13(14)11-8-7-9-12(13)18(15,16-5-2)17-6-3/h4,12,14H,1,5-11H2,2-3H3/t12-,13+/m1/s1. The SMILES string of the molecule is C=CC[C@]1(O)CCCC[C@H]1P(=O)(OCC)OCC. The lowest BCUT2D eigenvalue weighted by molar-refractivity contribution is 0.000273. The Balaban J connectivity index is 2.98. The van der Waals surface area contributed by atoms with Gasteiger partial charge in [0.2, 0.25) is 0 Å². The van der Waals surface area contributed by atoms with Crippen LogP contribution in [0.15, 0.2) is 12.7 Å². The van der Waals surface area contributed by atoms with Crippen molar-refractivity contribution >= 4 is 7.60 Å². The van der Waals surface area contributed by atoms with Crippen molar-refractivity contribution in [2.24, 2.45) is 0 Å². The highest BCUT2D eigenvalue weighted by atomic mass is 31.2. The molecule has 0 aromatic rings. The number of aliphatic hydroxyl groups is 1. The Morgan fingerprint density at radius 1 is 1.39 bits per heavy atom. The zero-order valence-electron chi connectivity index (χ0n) is 11.4. The summed E-state index contributed by atoms with van der Waals surface area (Å²) in [6.07, 6.45) is 5.32. The fourth-order valence-corrected chi connectivity index (χ4v) is 5.20. The zero-order chi connectivity index (χ0) is 13.6. The van der Waals surface area contributed by atoms with E-state index in [1.54, 1.807) is 19.9 Å². The Morgan fingerprint density at radius 3 is 2.50 bits per heavy atom. The van der Waals surface area contributed by atoms with Crippen molar-refractivity contribution < 1.29 is 18.7 Å². The smallest absolute Gasteiger partial charge is 0.336 e. The average molecular weight is 276 g/mol. The van der Waals surface area contributed by atoms with Gasteiger partial charge in [0, 0.05) is 0 Å². The van der Waals surface area contributed by atoms with E-state index in [1.807, 2.05) is 0 Å². The molecule has 18 heavy (non-hydrogen) atoms. The molecular weight excluding hydrogens is 251 g/mol. The van der Waals surface area contributed by atoms with Crippen molar-refractivity contribution in [1.82, 2.24) is 0 Å². The van der Waals surface area contributed by atoms with Crippen LogP contribution in [0, 0.1) is 0 Å². The van der Waals surface area contributed by atoms with E-state index in [0.717, 1.165) is 12.8 Å². The van der Waals surface area contributed by atoms with Gasteiger partial charge in [0.05, 0.1) is 24.5 Å². The summed E-state index contributed by atoms with van der Waals surface area (Å²) in [5, 5.41) is 10.7. The summed E-state index contributed by atoms with van der Waals surface area (Å²) >= 11 is 0. The topological polar surface area (TPSA) is 55.8 Å². The monoisotopic (exact) mass is 276 g/mol. The van der Waals surface area contributed by atoms with Gasteiger partial charge in [-0.3, -0.25) is 4.57 Å². The molecule has 1 rings (SSSR count). The molecule has 0 unspecified atom stereocenters. The van der Waals surface area contributed by atoms with Gasteiger partial charge in [-0.2, -0.15) is 0 Å². The Kier molecular flexibility index (Phi) is 6.06. The van der Waals surface area contributed by atoms with Crippen LogP contribution in [0.4, 0.5) is 0 Å². The molecule has 0 spiro atoms. The second-order valence-corrected chi connectivity index (χ2v) is 6.95. The van der Waals surface area contributed by atoms with Crippen molar-refractivity contribution in [2.45, 2.75) is 57.2 Å². The van der Waals surface area contributed by atoms with Gasteiger partial charge in [-0.15, -0.1) is 6.58 Å². The van der Waals surface area contributed by atoms with E-state index in [0.29, 0.717) is 32.5 Å². The molecule has 1 saturated carbocycles. The Bertz CT molecular complexity index is 308. The summed E-state index contributed by atoms with van der Waals surface area (Å²) in [4.78, 5) is 0. The number of hydrogen-bond donors (Lipinski definition) is 1. The molecule has 2 atom stereocenters. The molecule has 0 aromatic heterocycles. The van der Waals surface area contributed by atoms with Crippen molar-refractivity contribution in [3.8, 4) is 0 Å². The Morgan fingerprint density at radius 2 is 2.00 bits per heavy atom. The lowest BCUT2D eigenvalue weighted by atomic mass is 9.82. The quantitative estimate of drug-likeness (QED) is 0.571. The molecular formula is C13H25O4P. The highest BCUT2D eigenvalue weighted by Crippen LogP contribution is 2.60. The van der Waals surface area contributed by atoms with E-state index in [2.05, 4.69) is 6.58 Å². The third kappa shape index (κ3) is 3.45. The minimum atomic E-state index is -3.24. The second kappa shape index (κ2) is 6.85. The fourth-order valence-electron chi connectivity index (χ4n) is 2.72. The van der Waals surface area contributed by atoms with Crippen molar-refractivity contribution in [1.29, 1.82) is 0 Å². The van der Waals surface area contributed by atoms with Crippen LogP contribution < -0.4 is 0 Å². The Hall–Kier alpha value is -0.150. The van der Waals surface area contributed by atoms with Crippen LogP contribution in [0.1, 0.15) is 46.0 Å². The zero-order valence-corrected chi connectivity index (χ0v) is 12.3. The van der Waals surface area contributed by atoms with Gasteiger partial charge in [0.25, 0.3) is 0 Å². The molecule has 1 aliphatic rings. The van der Waals surface area contributed by atoms with Crippen LogP contribution in [0.25, 0.3) is 0 Å². The van der Waals surface area contributed by atoms with Crippen molar-refractivity contribution in [3.63, 3.8) is 0 Å². The molecule has 0 aromatic carbocycles. The molecule has 0 aliphatic heterocycles. The third-order valence-electron chi connectivity index (χ3n) is 3.46. The predicted octanol–water partition coefficient (Wildman–Crippen LogP) is 3.50. The minimum Gasteiger partial charge on any atom is -0.389 e. The van der Waals surface area contributed by atoms with Crippen LogP contribution in [0.2, 0.25) is 0 Å². The summed E-state index contributed by atoms with van der Waals surface area (Å²) in [5.41, 5.74) is -1.43. The van der Waals surface area contributed by atoms with Crippen LogP contribution >= 0.6 is 7.60 Å². The maximum Gasteiger partial charge on any atom is 0.336 e. The summed E-state index contributed by atoms with van der Waals surface area (Å²) < 4.78 is 23.6. The van der Waals surface area contributed by atoms with E-state index >= 15 is 0 Å². The highest BCUT2D eigenvalue weighted by Gasteiger charge is 2.50. The van der Waals surface area contributed by atoms with Gasteiger partial charge in [-0.1, -0.05) is 18.9 Å². The molecule has 4 nitrogen and oxygen atoms in total. The molecule has 0 amide bonds. The first-order valence-corrected chi connectivity index (χ1v) is 8.35. The highest BCUT2D eigenvalue weighted by molar-refractivity contribution is 7.54. The van der Waals surface area contributed by atoms with Crippen molar-refractivity contribution in [2.75, 3.05) is 13.2 Å². The van der Waals surface area contributed by atoms with Gasteiger partial charge in [-0.05, 0) is 33.1 Å². The largest absolute Gasteiger partial charge is 0.389 e. The second-order valence-electron chi connectivity index (χ2n) is 4.73. The molecule has 106 valence electrons. The predicted molar refractivity (Wildman–Crippen MR) is 72.9 cm³/mol. The summed E-state index contributed by atoms with van der Waals surface area (Å²) in [6, 6.07) is 0. The lowest BCUT2D eigenvalue weighted by Gasteiger charge is -2.42. The number of hydrogen-bond acceptors (Lipinski definition) is 4. The maximum atomic E-state index is 12.8. The molecule has 1 aliphatic carbocycles. The van der Waals surface area contributed by atoms with Gasteiger partial charge in [0.1, 0.15) is 0 Å². The van der Waals surface area contributed by atoms with E-state index in [9.17, 15) is 9.67 Å². The average Bonchev–Trinajstić information content (AvgIpc) is 2.30. The molecule has 1 N–H and O–H groups in total. The molecule has 5 heteroatoms. The van der Waals surface area contributed by atoms with E-state index in [4.69, 9.17) is 9.05 Å². The van der Waals surface area contributed by atoms with Gasteiger partial charge >= 0.3 is 7.60 Å². The fraction of sp³-hybridized carbons (Fsp3) is 0.846.